The average molecular weight is 392 g/mol. The van der Waals surface area contributed by atoms with Crippen LogP contribution >= 0.6 is 0 Å². The Morgan fingerprint density at radius 2 is 1.90 bits per heavy atom. The number of phenolic OH excluding ortho intramolecular Hbond substituents is 1. The molecule has 0 bridgehead atoms. The predicted molar refractivity (Wildman–Crippen MR) is 109 cm³/mol. The second-order valence-corrected chi connectivity index (χ2v) is 6.67. The average Bonchev–Trinajstić information content (AvgIpc) is 2.97. The number of benzene rings is 2. The molecule has 0 aliphatic heterocycles. The third kappa shape index (κ3) is 3.34. The molecule has 1 atom stereocenters. The number of nitrogen functional groups attached to an aromatic ring is 1. The van der Waals surface area contributed by atoms with E-state index >= 15 is 0 Å². The van der Waals surface area contributed by atoms with Gasteiger partial charge in [-0.25, -0.2) is 14.8 Å². The Bertz CT molecular complexity index is 1220. The molecule has 8 nitrogen and oxygen atoms in total. The SMILES string of the molecule is COC[C@@H](C)OC(=O)c1c(N)n(-c2cccc(O)c2)c2nc3ccccc3nc12. The number of carbonyl (C=O) groups excluding carboxylic acids is 1. The normalized spacial score (nSPS) is 12.3. The van der Waals surface area contributed by atoms with Gasteiger partial charge in [-0.3, -0.25) is 4.57 Å². The molecule has 0 amide bonds. The Balaban J connectivity index is 1.98. The van der Waals surface area contributed by atoms with E-state index in [-0.39, 0.29) is 23.7 Å². The van der Waals surface area contributed by atoms with Crippen molar-refractivity contribution in [2.45, 2.75) is 13.0 Å². The molecule has 0 fully saturated rings. The number of fused-ring (bicyclic) bond motifs is 2. The number of aromatic hydroxyl groups is 1. The van der Waals surface area contributed by atoms with Gasteiger partial charge in [0.15, 0.2) is 5.65 Å². The Morgan fingerprint density at radius 3 is 2.59 bits per heavy atom. The molecule has 0 unspecified atom stereocenters. The number of hydrogen-bond donors (Lipinski definition) is 2. The molecule has 0 saturated heterocycles. The van der Waals surface area contributed by atoms with E-state index in [1.165, 1.54) is 13.2 Å². The molecule has 4 aromatic rings. The fourth-order valence-corrected chi connectivity index (χ4v) is 3.27. The van der Waals surface area contributed by atoms with Crippen molar-refractivity contribution in [3.05, 3.63) is 54.1 Å². The van der Waals surface area contributed by atoms with Crippen LogP contribution in [0.2, 0.25) is 0 Å². The van der Waals surface area contributed by atoms with Gasteiger partial charge in [-0.1, -0.05) is 18.2 Å². The molecule has 4 rings (SSSR count). The van der Waals surface area contributed by atoms with Gasteiger partial charge in [-0.15, -0.1) is 0 Å². The Labute approximate surface area is 166 Å². The van der Waals surface area contributed by atoms with Gasteiger partial charge in [-0.05, 0) is 31.2 Å². The Kier molecular flexibility index (Phi) is 4.77. The van der Waals surface area contributed by atoms with Crippen LogP contribution in [0.5, 0.6) is 5.75 Å². The third-order valence-corrected chi connectivity index (χ3v) is 4.50. The number of phenols is 1. The Hall–Kier alpha value is -3.65. The topological polar surface area (TPSA) is 112 Å². The lowest BCUT2D eigenvalue weighted by molar-refractivity contribution is 0.0123. The van der Waals surface area contributed by atoms with E-state index in [0.717, 1.165) is 0 Å². The molecule has 0 saturated carbocycles. The molecular weight excluding hydrogens is 372 g/mol. The van der Waals surface area contributed by atoms with Crippen molar-refractivity contribution in [2.75, 3.05) is 19.5 Å². The minimum absolute atomic E-state index is 0.0651. The number of para-hydroxylation sites is 2. The van der Waals surface area contributed by atoms with Crippen molar-refractivity contribution in [1.29, 1.82) is 0 Å². The monoisotopic (exact) mass is 392 g/mol. The molecule has 2 aromatic carbocycles. The summed E-state index contributed by atoms with van der Waals surface area (Å²) in [5, 5.41) is 9.91. The van der Waals surface area contributed by atoms with Crippen molar-refractivity contribution in [2.24, 2.45) is 0 Å². The number of nitrogens with zero attached hydrogens (tertiary/aromatic N) is 3. The maximum absolute atomic E-state index is 12.9. The summed E-state index contributed by atoms with van der Waals surface area (Å²) in [5.74, 6) is -0.411. The van der Waals surface area contributed by atoms with Crippen LogP contribution in [0, 0.1) is 0 Å². The molecule has 0 aliphatic rings. The number of nitrogens with two attached hydrogens (primary N) is 1. The number of methoxy groups -OCH3 is 1. The zero-order valence-electron chi connectivity index (χ0n) is 16.0. The third-order valence-electron chi connectivity index (χ3n) is 4.50. The first-order chi connectivity index (χ1) is 14.0. The van der Waals surface area contributed by atoms with E-state index in [0.29, 0.717) is 27.9 Å². The molecule has 0 aliphatic carbocycles. The standard InChI is InChI=1S/C21H20N4O4/c1-12(11-28-2)29-21(27)17-18-20(24-16-9-4-3-8-15(16)23-18)25(19(17)22)13-6-5-7-14(26)10-13/h3-10,12,26H,11,22H2,1-2H3/t12-/m1/s1. The smallest absolute Gasteiger partial charge is 0.344 e. The second-order valence-electron chi connectivity index (χ2n) is 6.67. The van der Waals surface area contributed by atoms with Crippen LogP contribution in [0.15, 0.2) is 48.5 Å². The largest absolute Gasteiger partial charge is 0.508 e. The summed E-state index contributed by atoms with van der Waals surface area (Å²) in [7, 11) is 1.53. The summed E-state index contributed by atoms with van der Waals surface area (Å²) in [4.78, 5) is 22.2. The van der Waals surface area contributed by atoms with Gasteiger partial charge in [0.2, 0.25) is 0 Å². The number of carbonyl (C=O) groups is 1. The van der Waals surface area contributed by atoms with Gasteiger partial charge in [0.25, 0.3) is 0 Å². The fourth-order valence-electron chi connectivity index (χ4n) is 3.27. The highest BCUT2D eigenvalue weighted by Crippen LogP contribution is 2.32. The molecule has 2 heterocycles. The van der Waals surface area contributed by atoms with Crippen LogP contribution in [0.3, 0.4) is 0 Å². The van der Waals surface area contributed by atoms with Crippen molar-refractivity contribution >= 4 is 34.0 Å². The van der Waals surface area contributed by atoms with E-state index in [4.69, 9.17) is 15.2 Å². The number of rotatable bonds is 5. The lowest BCUT2D eigenvalue weighted by Crippen LogP contribution is -2.20. The van der Waals surface area contributed by atoms with Crippen LogP contribution < -0.4 is 5.73 Å². The lowest BCUT2D eigenvalue weighted by atomic mass is 10.2. The van der Waals surface area contributed by atoms with E-state index in [2.05, 4.69) is 9.97 Å². The molecule has 0 radical (unpaired) electrons. The van der Waals surface area contributed by atoms with Crippen molar-refractivity contribution in [3.8, 4) is 11.4 Å². The first-order valence-corrected chi connectivity index (χ1v) is 9.05. The maximum atomic E-state index is 12.9. The molecule has 0 spiro atoms. The highest BCUT2D eigenvalue weighted by Gasteiger charge is 2.27. The first kappa shape index (κ1) is 18.7. The summed E-state index contributed by atoms with van der Waals surface area (Å²) < 4.78 is 12.1. The Morgan fingerprint density at radius 1 is 1.17 bits per heavy atom. The number of esters is 1. The highest BCUT2D eigenvalue weighted by atomic mass is 16.6. The lowest BCUT2D eigenvalue weighted by Gasteiger charge is -2.12. The fraction of sp³-hybridized carbons (Fsp3) is 0.190. The van der Waals surface area contributed by atoms with Crippen molar-refractivity contribution in [1.82, 2.24) is 14.5 Å². The van der Waals surface area contributed by atoms with Crippen LogP contribution in [-0.4, -0.2) is 45.4 Å². The van der Waals surface area contributed by atoms with E-state index in [9.17, 15) is 9.90 Å². The quantitative estimate of drug-likeness (QED) is 0.502. The minimum Gasteiger partial charge on any atom is -0.508 e. The van der Waals surface area contributed by atoms with Crippen molar-refractivity contribution in [3.63, 3.8) is 0 Å². The molecule has 148 valence electrons. The van der Waals surface area contributed by atoms with Gasteiger partial charge < -0.3 is 20.3 Å². The summed E-state index contributed by atoms with van der Waals surface area (Å²) in [6.45, 7) is 1.98. The summed E-state index contributed by atoms with van der Waals surface area (Å²) >= 11 is 0. The van der Waals surface area contributed by atoms with Gasteiger partial charge in [0.1, 0.15) is 28.8 Å². The van der Waals surface area contributed by atoms with Crippen LogP contribution in [0.1, 0.15) is 17.3 Å². The molecule has 29 heavy (non-hydrogen) atoms. The minimum atomic E-state index is -0.611. The van der Waals surface area contributed by atoms with Crippen LogP contribution in [0.25, 0.3) is 27.9 Å². The number of ether oxygens (including phenoxy) is 2. The molecule has 2 aromatic heterocycles. The first-order valence-electron chi connectivity index (χ1n) is 9.05. The van der Waals surface area contributed by atoms with Crippen LogP contribution in [-0.2, 0) is 9.47 Å². The van der Waals surface area contributed by atoms with E-state index in [1.54, 1.807) is 29.7 Å². The number of anilines is 1. The van der Waals surface area contributed by atoms with Gasteiger partial charge in [0, 0.05) is 13.2 Å². The van der Waals surface area contributed by atoms with Gasteiger partial charge in [0.05, 0.1) is 23.3 Å². The molecular formula is C21H20N4O4. The molecule has 8 heteroatoms. The van der Waals surface area contributed by atoms with Crippen molar-refractivity contribution < 1.29 is 19.4 Å². The highest BCUT2D eigenvalue weighted by molar-refractivity contribution is 6.09. The zero-order valence-corrected chi connectivity index (χ0v) is 16.0. The van der Waals surface area contributed by atoms with Crippen LogP contribution in [0.4, 0.5) is 5.82 Å². The number of hydrogen-bond acceptors (Lipinski definition) is 7. The summed E-state index contributed by atoms with van der Waals surface area (Å²) in [5.41, 5.74) is 9.09. The summed E-state index contributed by atoms with van der Waals surface area (Å²) in [6, 6.07) is 13.9. The van der Waals surface area contributed by atoms with Gasteiger partial charge >= 0.3 is 5.97 Å². The number of aromatic nitrogens is 3. The second kappa shape index (κ2) is 7.40. The van der Waals surface area contributed by atoms with Gasteiger partial charge in [-0.2, -0.15) is 0 Å². The summed E-state index contributed by atoms with van der Waals surface area (Å²) in [6.07, 6.45) is -0.459. The zero-order chi connectivity index (χ0) is 20.5. The molecule has 3 N–H and O–H groups in total. The maximum Gasteiger partial charge on any atom is 0.344 e. The van der Waals surface area contributed by atoms with E-state index in [1.807, 2.05) is 24.3 Å². The predicted octanol–water partition coefficient (Wildman–Crippen LogP) is 3.05. The van der Waals surface area contributed by atoms with E-state index < -0.39 is 12.1 Å².